The van der Waals surface area contributed by atoms with Crippen LogP contribution >= 0.6 is 0 Å². The minimum Gasteiger partial charge on any atom is -0.399 e. The Morgan fingerprint density at radius 1 is 1.00 bits per heavy atom. The molecule has 23 heavy (non-hydrogen) atoms. The average molecular weight is 310 g/mol. The third kappa shape index (κ3) is 5.78. The molecule has 2 aromatic carbocycles. The first-order chi connectivity index (χ1) is 11.0. The molecule has 0 atom stereocenters. The Kier molecular flexibility index (Phi) is 6.21. The maximum Gasteiger partial charge on any atom is 0.224 e. The summed E-state index contributed by atoms with van der Waals surface area (Å²) in [5.41, 5.74) is 10.0. The van der Waals surface area contributed by atoms with Crippen LogP contribution in [0.1, 0.15) is 42.9 Å². The number of carbonyl (C=O) groups is 1. The average Bonchev–Trinajstić information content (AvgIpc) is 2.54. The summed E-state index contributed by atoms with van der Waals surface area (Å²) in [5, 5.41) is 2.98. The van der Waals surface area contributed by atoms with Crippen molar-refractivity contribution in [1.82, 2.24) is 5.32 Å². The number of carbonyl (C=O) groups excluding carboxylic acids is 1. The van der Waals surface area contributed by atoms with Crippen LogP contribution < -0.4 is 11.1 Å². The van der Waals surface area contributed by atoms with Gasteiger partial charge < -0.3 is 11.1 Å². The molecule has 0 heterocycles. The summed E-state index contributed by atoms with van der Waals surface area (Å²) in [6.45, 7) is 5.11. The van der Waals surface area contributed by atoms with E-state index in [2.05, 4.69) is 43.4 Å². The van der Waals surface area contributed by atoms with E-state index in [-0.39, 0.29) is 5.91 Å². The molecule has 0 aliphatic heterocycles. The van der Waals surface area contributed by atoms with Gasteiger partial charge in [0.15, 0.2) is 0 Å². The van der Waals surface area contributed by atoms with Gasteiger partial charge in [-0.1, -0.05) is 50.2 Å². The molecule has 0 saturated carbocycles. The third-order valence-electron chi connectivity index (χ3n) is 3.96. The summed E-state index contributed by atoms with van der Waals surface area (Å²) in [5.74, 6) is 0.626. The molecule has 2 rings (SSSR count). The van der Waals surface area contributed by atoms with Gasteiger partial charge >= 0.3 is 0 Å². The molecule has 2 aromatic rings. The lowest BCUT2D eigenvalue weighted by molar-refractivity contribution is -0.120. The molecule has 0 aliphatic carbocycles. The first-order valence-corrected chi connectivity index (χ1v) is 8.24. The number of benzene rings is 2. The molecule has 0 aliphatic rings. The number of nitrogen functional groups attached to an aromatic ring is 1. The smallest absolute Gasteiger partial charge is 0.224 e. The topological polar surface area (TPSA) is 55.1 Å². The van der Waals surface area contributed by atoms with Crippen LogP contribution in [-0.2, 0) is 17.6 Å². The highest BCUT2D eigenvalue weighted by atomic mass is 16.1. The maximum atomic E-state index is 11.9. The first-order valence-electron chi connectivity index (χ1n) is 8.24. The monoisotopic (exact) mass is 310 g/mol. The van der Waals surface area contributed by atoms with Gasteiger partial charge in [-0.05, 0) is 47.6 Å². The quantitative estimate of drug-likeness (QED) is 0.605. The molecule has 0 saturated heterocycles. The zero-order chi connectivity index (χ0) is 16.7. The van der Waals surface area contributed by atoms with Gasteiger partial charge in [0.05, 0.1) is 6.42 Å². The Hall–Kier alpha value is -2.29. The molecule has 122 valence electrons. The lowest BCUT2D eigenvalue weighted by atomic mass is 10.0. The van der Waals surface area contributed by atoms with Crippen molar-refractivity contribution in [2.24, 2.45) is 0 Å². The van der Waals surface area contributed by atoms with Crippen LogP contribution in [0, 0.1) is 0 Å². The SMILES string of the molecule is CC(C)c1ccc(CCCNC(=O)Cc2ccc(N)cc2)cc1. The molecule has 3 nitrogen and oxygen atoms in total. The number of amides is 1. The van der Waals surface area contributed by atoms with Crippen LogP contribution in [0.4, 0.5) is 5.69 Å². The minimum absolute atomic E-state index is 0.0601. The molecule has 0 aromatic heterocycles. The second-order valence-corrected chi connectivity index (χ2v) is 6.27. The van der Waals surface area contributed by atoms with E-state index in [9.17, 15) is 4.79 Å². The van der Waals surface area contributed by atoms with Gasteiger partial charge in [-0.2, -0.15) is 0 Å². The Bertz CT molecular complexity index is 615. The van der Waals surface area contributed by atoms with E-state index in [1.165, 1.54) is 11.1 Å². The van der Waals surface area contributed by atoms with Crippen molar-refractivity contribution in [3.63, 3.8) is 0 Å². The number of nitrogens with one attached hydrogen (secondary N) is 1. The molecule has 0 unspecified atom stereocenters. The van der Waals surface area contributed by atoms with Gasteiger partial charge in [0.1, 0.15) is 0 Å². The summed E-state index contributed by atoms with van der Waals surface area (Å²) in [6.07, 6.45) is 2.35. The first kappa shape index (κ1) is 17.1. The van der Waals surface area contributed by atoms with Crippen molar-refractivity contribution in [3.8, 4) is 0 Å². The Morgan fingerprint density at radius 2 is 1.61 bits per heavy atom. The summed E-state index contributed by atoms with van der Waals surface area (Å²) in [6, 6.07) is 16.2. The highest BCUT2D eigenvalue weighted by molar-refractivity contribution is 5.78. The van der Waals surface area contributed by atoms with Gasteiger partial charge in [-0.25, -0.2) is 0 Å². The predicted octanol–water partition coefficient (Wildman–Crippen LogP) is 3.68. The number of rotatable bonds is 7. The summed E-state index contributed by atoms with van der Waals surface area (Å²) in [4.78, 5) is 11.9. The fraction of sp³-hybridized carbons (Fsp3) is 0.350. The van der Waals surface area contributed by atoms with E-state index in [0.717, 1.165) is 24.1 Å². The van der Waals surface area contributed by atoms with Crippen molar-refractivity contribution in [3.05, 3.63) is 65.2 Å². The fourth-order valence-corrected chi connectivity index (χ4v) is 2.47. The lowest BCUT2D eigenvalue weighted by Crippen LogP contribution is -2.26. The van der Waals surface area contributed by atoms with E-state index in [1.807, 2.05) is 24.3 Å². The van der Waals surface area contributed by atoms with E-state index in [0.29, 0.717) is 18.9 Å². The van der Waals surface area contributed by atoms with E-state index >= 15 is 0 Å². The van der Waals surface area contributed by atoms with Gasteiger partial charge in [-0.15, -0.1) is 0 Å². The molecular formula is C20H26N2O. The summed E-state index contributed by atoms with van der Waals surface area (Å²) >= 11 is 0. The number of nitrogens with two attached hydrogens (primary N) is 1. The van der Waals surface area contributed by atoms with Crippen molar-refractivity contribution >= 4 is 11.6 Å². The highest BCUT2D eigenvalue weighted by Crippen LogP contribution is 2.15. The van der Waals surface area contributed by atoms with E-state index < -0.39 is 0 Å². The number of hydrogen-bond donors (Lipinski definition) is 2. The van der Waals surface area contributed by atoms with Gasteiger partial charge in [-0.3, -0.25) is 4.79 Å². The zero-order valence-corrected chi connectivity index (χ0v) is 14.0. The lowest BCUT2D eigenvalue weighted by Gasteiger charge is -2.08. The van der Waals surface area contributed by atoms with Crippen molar-refractivity contribution < 1.29 is 4.79 Å². The molecule has 0 fully saturated rings. The van der Waals surface area contributed by atoms with Crippen LogP contribution in [0.25, 0.3) is 0 Å². The molecule has 0 spiro atoms. The predicted molar refractivity (Wildman–Crippen MR) is 96.4 cm³/mol. The van der Waals surface area contributed by atoms with Crippen LogP contribution in [-0.4, -0.2) is 12.5 Å². The Morgan fingerprint density at radius 3 is 2.22 bits per heavy atom. The summed E-state index contributed by atoms with van der Waals surface area (Å²) in [7, 11) is 0. The molecule has 0 bridgehead atoms. The normalized spacial score (nSPS) is 10.7. The van der Waals surface area contributed by atoms with Crippen LogP contribution in [0.2, 0.25) is 0 Å². The number of hydrogen-bond acceptors (Lipinski definition) is 2. The van der Waals surface area contributed by atoms with Crippen LogP contribution in [0.15, 0.2) is 48.5 Å². The largest absolute Gasteiger partial charge is 0.399 e. The standard InChI is InChI=1S/C20H26N2O/c1-15(2)18-9-5-16(6-10-18)4-3-13-22-20(23)14-17-7-11-19(21)12-8-17/h5-12,15H,3-4,13-14,21H2,1-2H3,(H,22,23). The second kappa shape index (κ2) is 8.37. The van der Waals surface area contributed by atoms with Gasteiger partial charge in [0.25, 0.3) is 0 Å². The molecular weight excluding hydrogens is 284 g/mol. The van der Waals surface area contributed by atoms with Crippen LogP contribution in [0.5, 0.6) is 0 Å². The Labute approximate surface area is 138 Å². The maximum absolute atomic E-state index is 11.9. The fourth-order valence-electron chi connectivity index (χ4n) is 2.47. The van der Waals surface area contributed by atoms with Crippen molar-refractivity contribution in [2.45, 2.75) is 39.0 Å². The summed E-state index contributed by atoms with van der Waals surface area (Å²) < 4.78 is 0. The number of anilines is 1. The molecule has 3 N–H and O–H groups in total. The van der Waals surface area contributed by atoms with Gasteiger partial charge in [0, 0.05) is 12.2 Å². The molecule has 1 amide bonds. The van der Waals surface area contributed by atoms with E-state index in [4.69, 9.17) is 5.73 Å². The van der Waals surface area contributed by atoms with Crippen molar-refractivity contribution in [1.29, 1.82) is 0 Å². The Balaban J connectivity index is 1.68. The minimum atomic E-state index is 0.0601. The molecule has 3 heteroatoms. The third-order valence-corrected chi connectivity index (χ3v) is 3.96. The molecule has 0 radical (unpaired) electrons. The number of aryl methyl sites for hydroxylation is 1. The van der Waals surface area contributed by atoms with Gasteiger partial charge in [0.2, 0.25) is 5.91 Å². The second-order valence-electron chi connectivity index (χ2n) is 6.27. The van der Waals surface area contributed by atoms with Crippen LogP contribution in [0.3, 0.4) is 0 Å². The zero-order valence-electron chi connectivity index (χ0n) is 14.0. The van der Waals surface area contributed by atoms with E-state index in [1.54, 1.807) is 0 Å². The highest BCUT2D eigenvalue weighted by Gasteiger charge is 2.03. The van der Waals surface area contributed by atoms with Crippen molar-refractivity contribution in [2.75, 3.05) is 12.3 Å².